The number of rotatable bonds is 5. The number of hydrogen-bond acceptors (Lipinski definition) is 3. The fourth-order valence-corrected chi connectivity index (χ4v) is 3.68. The van der Waals surface area contributed by atoms with Crippen LogP contribution in [0.4, 0.5) is 0 Å². The van der Waals surface area contributed by atoms with Crippen molar-refractivity contribution in [1.29, 1.82) is 0 Å². The van der Waals surface area contributed by atoms with E-state index in [0.29, 0.717) is 5.92 Å². The van der Waals surface area contributed by atoms with E-state index in [2.05, 4.69) is 29.1 Å². The molecule has 128 valence electrons. The van der Waals surface area contributed by atoms with Crippen LogP contribution in [0.25, 0.3) is 0 Å². The number of hydrogen-bond donors (Lipinski definition) is 1. The first-order valence-corrected chi connectivity index (χ1v) is 9.06. The largest absolute Gasteiger partial charge is 0.387 e. The van der Waals surface area contributed by atoms with E-state index in [4.69, 9.17) is 11.6 Å². The summed E-state index contributed by atoms with van der Waals surface area (Å²) in [7, 11) is 2.14. The lowest BCUT2D eigenvalue weighted by Crippen LogP contribution is -2.33. The Morgan fingerprint density at radius 2 is 2.00 bits per heavy atom. The molecule has 3 rings (SSSR count). The van der Waals surface area contributed by atoms with Crippen molar-refractivity contribution >= 4 is 11.6 Å². The van der Waals surface area contributed by atoms with Crippen molar-refractivity contribution in [3.8, 4) is 0 Å². The molecule has 1 aromatic heterocycles. The molecule has 3 nitrogen and oxygen atoms in total. The van der Waals surface area contributed by atoms with Crippen molar-refractivity contribution < 1.29 is 5.11 Å². The zero-order chi connectivity index (χ0) is 16.9. The molecule has 0 bridgehead atoms. The molecule has 0 spiro atoms. The predicted molar refractivity (Wildman–Crippen MR) is 98.3 cm³/mol. The maximum atomic E-state index is 10.9. The first-order chi connectivity index (χ1) is 11.6. The second-order valence-electron chi connectivity index (χ2n) is 6.76. The van der Waals surface area contributed by atoms with Crippen LogP contribution in [0, 0.1) is 5.92 Å². The van der Waals surface area contributed by atoms with Crippen molar-refractivity contribution in [1.82, 2.24) is 9.88 Å². The lowest BCUT2D eigenvalue weighted by molar-refractivity contribution is 0.0620. The third kappa shape index (κ3) is 4.35. The summed E-state index contributed by atoms with van der Waals surface area (Å²) in [6.45, 7) is 2.10. The minimum Gasteiger partial charge on any atom is -0.387 e. The van der Waals surface area contributed by atoms with E-state index in [1.807, 2.05) is 24.3 Å². The van der Waals surface area contributed by atoms with E-state index in [0.717, 1.165) is 55.1 Å². The zero-order valence-corrected chi connectivity index (χ0v) is 14.9. The predicted octanol–water partition coefficient (Wildman–Crippen LogP) is 3.90. The number of piperidine rings is 1. The Balaban J connectivity index is 1.70. The van der Waals surface area contributed by atoms with Crippen LogP contribution in [-0.2, 0) is 12.8 Å². The fourth-order valence-electron chi connectivity index (χ4n) is 3.47. The van der Waals surface area contributed by atoms with Crippen molar-refractivity contribution in [3.63, 3.8) is 0 Å². The molecule has 24 heavy (non-hydrogen) atoms. The van der Waals surface area contributed by atoms with Gasteiger partial charge in [-0.2, -0.15) is 0 Å². The standard InChI is InChI=1S/C20H25ClN2O/c1-23-12-9-17(10-13-23)20(24)19-16(5-3-11-22-19)8-7-15-4-2-6-18(21)14-15/h2-6,11,14,17,20,24H,7-10,12-13H2,1H3. The molecule has 1 aliphatic rings. The monoisotopic (exact) mass is 344 g/mol. The molecule has 0 amide bonds. The summed E-state index contributed by atoms with van der Waals surface area (Å²) >= 11 is 6.07. The minimum absolute atomic E-state index is 0.306. The number of pyridine rings is 1. The number of benzene rings is 1. The Morgan fingerprint density at radius 1 is 1.21 bits per heavy atom. The molecule has 2 heterocycles. The Hall–Kier alpha value is -1.42. The van der Waals surface area contributed by atoms with Gasteiger partial charge in [0.2, 0.25) is 0 Å². The normalized spacial score (nSPS) is 17.8. The van der Waals surface area contributed by atoms with Gasteiger partial charge in [-0.3, -0.25) is 4.98 Å². The molecule has 1 N–H and O–H groups in total. The number of aromatic nitrogens is 1. The number of likely N-dealkylation sites (tertiary alicyclic amines) is 1. The van der Waals surface area contributed by atoms with Crippen molar-refractivity contribution in [3.05, 3.63) is 64.4 Å². The van der Waals surface area contributed by atoms with E-state index >= 15 is 0 Å². The van der Waals surface area contributed by atoms with Gasteiger partial charge in [-0.15, -0.1) is 0 Å². The first-order valence-electron chi connectivity index (χ1n) is 8.68. The van der Waals surface area contributed by atoms with Gasteiger partial charge in [-0.05, 0) is 81.1 Å². The van der Waals surface area contributed by atoms with Gasteiger partial charge in [0.15, 0.2) is 0 Å². The lowest BCUT2D eigenvalue weighted by atomic mass is 9.87. The van der Waals surface area contributed by atoms with Gasteiger partial charge in [0.05, 0.1) is 11.8 Å². The van der Waals surface area contributed by atoms with Gasteiger partial charge in [0, 0.05) is 11.2 Å². The van der Waals surface area contributed by atoms with E-state index in [9.17, 15) is 5.11 Å². The van der Waals surface area contributed by atoms with Crippen molar-refractivity contribution in [2.75, 3.05) is 20.1 Å². The van der Waals surface area contributed by atoms with Crippen molar-refractivity contribution in [2.45, 2.75) is 31.8 Å². The number of nitrogens with zero attached hydrogens (tertiary/aromatic N) is 2. The Labute approximate surface area is 149 Å². The van der Waals surface area contributed by atoms with Crippen LogP contribution in [0.3, 0.4) is 0 Å². The topological polar surface area (TPSA) is 36.4 Å². The van der Waals surface area contributed by atoms with E-state index in [-0.39, 0.29) is 0 Å². The summed E-state index contributed by atoms with van der Waals surface area (Å²) in [6.07, 6.45) is 5.15. The Bertz CT molecular complexity index is 668. The first kappa shape index (κ1) is 17.4. The van der Waals surface area contributed by atoms with Crippen LogP contribution >= 0.6 is 11.6 Å². The van der Waals surface area contributed by atoms with Gasteiger partial charge in [-0.25, -0.2) is 0 Å². The van der Waals surface area contributed by atoms with Gasteiger partial charge in [0.25, 0.3) is 0 Å². The molecule has 0 saturated carbocycles. The summed E-state index contributed by atoms with van der Waals surface area (Å²) in [5.41, 5.74) is 3.21. The van der Waals surface area contributed by atoms with Crippen LogP contribution in [0.1, 0.15) is 35.8 Å². The van der Waals surface area contributed by atoms with E-state index < -0.39 is 6.10 Å². The van der Waals surface area contributed by atoms with Crippen LogP contribution in [0.15, 0.2) is 42.6 Å². The second kappa shape index (κ2) is 8.11. The average molecular weight is 345 g/mol. The summed E-state index contributed by atoms with van der Waals surface area (Å²) < 4.78 is 0. The summed E-state index contributed by atoms with van der Waals surface area (Å²) in [4.78, 5) is 6.83. The highest BCUT2D eigenvalue weighted by Crippen LogP contribution is 2.31. The molecule has 0 aliphatic carbocycles. The molecular formula is C20H25ClN2O. The molecule has 1 aromatic carbocycles. The number of halogens is 1. The van der Waals surface area contributed by atoms with Crippen LogP contribution < -0.4 is 0 Å². The van der Waals surface area contributed by atoms with Gasteiger partial charge in [0.1, 0.15) is 0 Å². The number of aryl methyl sites for hydroxylation is 2. The average Bonchev–Trinajstić information content (AvgIpc) is 2.60. The maximum Gasteiger partial charge on any atom is 0.0991 e. The molecule has 1 unspecified atom stereocenters. The van der Waals surface area contributed by atoms with Crippen molar-refractivity contribution in [2.24, 2.45) is 5.92 Å². The summed E-state index contributed by atoms with van der Waals surface area (Å²) in [6, 6.07) is 12.0. The van der Waals surface area contributed by atoms with Crippen LogP contribution in [0.2, 0.25) is 5.02 Å². The maximum absolute atomic E-state index is 10.9. The minimum atomic E-state index is -0.464. The highest BCUT2D eigenvalue weighted by Gasteiger charge is 2.27. The van der Waals surface area contributed by atoms with Gasteiger partial charge < -0.3 is 10.0 Å². The molecule has 1 fully saturated rings. The molecule has 4 heteroatoms. The molecule has 1 atom stereocenters. The second-order valence-corrected chi connectivity index (χ2v) is 7.20. The molecule has 1 aliphatic heterocycles. The van der Waals surface area contributed by atoms with Crippen LogP contribution in [-0.4, -0.2) is 35.1 Å². The van der Waals surface area contributed by atoms with E-state index in [1.54, 1.807) is 6.20 Å². The molecule has 0 radical (unpaired) electrons. The zero-order valence-electron chi connectivity index (χ0n) is 14.2. The van der Waals surface area contributed by atoms with E-state index in [1.165, 1.54) is 5.56 Å². The molecule has 2 aromatic rings. The number of aliphatic hydroxyl groups is 1. The third-order valence-corrected chi connectivity index (χ3v) is 5.22. The number of aliphatic hydroxyl groups excluding tert-OH is 1. The summed E-state index contributed by atoms with van der Waals surface area (Å²) in [5.74, 6) is 0.306. The fraction of sp³-hybridized carbons (Fsp3) is 0.450. The summed E-state index contributed by atoms with van der Waals surface area (Å²) in [5, 5.41) is 11.6. The third-order valence-electron chi connectivity index (χ3n) is 4.99. The van der Waals surface area contributed by atoms with Gasteiger partial charge in [-0.1, -0.05) is 29.8 Å². The SMILES string of the molecule is CN1CCC(C(O)c2ncccc2CCc2cccc(Cl)c2)CC1. The molecule has 1 saturated heterocycles. The van der Waals surface area contributed by atoms with Crippen LogP contribution in [0.5, 0.6) is 0 Å². The quantitative estimate of drug-likeness (QED) is 0.893. The molecular weight excluding hydrogens is 320 g/mol. The Morgan fingerprint density at radius 3 is 2.75 bits per heavy atom. The highest BCUT2D eigenvalue weighted by atomic mass is 35.5. The lowest BCUT2D eigenvalue weighted by Gasteiger charge is -2.32. The smallest absolute Gasteiger partial charge is 0.0991 e. The van der Waals surface area contributed by atoms with Gasteiger partial charge >= 0.3 is 0 Å². The highest BCUT2D eigenvalue weighted by molar-refractivity contribution is 6.30. The Kier molecular flexibility index (Phi) is 5.88.